The zero-order valence-corrected chi connectivity index (χ0v) is 15.7. The molecule has 5 rings (SSSR count). The van der Waals surface area contributed by atoms with Gasteiger partial charge in [-0.15, -0.1) is 11.6 Å². The minimum Gasteiger partial charge on any atom is -0.325 e. The van der Waals surface area contributed by atoms with Crippen LogP contribution in [0.15, 0.2) is 18.2 Å². The van der Waals surface area contributed by atoms with Crippen molar-refractivity contribution < 1.29 is 4.79 Å². The van der Waals surface area contributed by atoms with Gasteiger partial charge in [0.05, 0.1) is 5.41 Å². The standard InChI is InChI=1S/C21H28ClNO/c1-13(2)17-6-4-5-14(3)18(17)23-19(24)20-8-15-7-16(9-20)11-21(22,10-15)12-20/h4-6,13,15-16H,7-12H2,1-3H3,(H,23,24)/t15-,16+,20?,21?. The van der Waals surface area contributed by atoms with Crippen LogP contribution in [-0.2, 0) is 4.79 Å². The molecular formula is C21H28ClNO. The molecule has 2 unspecified atom stereocenters. The Kier molecular flexibility index (Phi) is 3.76. The summed E-state index contributed by atoms with van der Waals surface area (Å²) in [5, 5.41) is 3.34. The lowest BCUT2D eigenvalue weighted by Crippen LogP contribution is -2.57. The largest absolute Gasteiger partial charge is 0.325 e. The van der Waals surface area contributed by atoms with Crippen molar-refractivity contribution in [1.82, 2.24) is 0 Å². The Morgan fingerprint density at radius 3 is 2.46 bits per heavy atom. The predicted molar refractivity (Wildman–Crippen MR) is 99.6 cm³/mol. The zero-order valence-electron chi connectivity index (χ0n) is 15.0. The molecule has 1 aromatic carbocycles. The first-order valence-corrected chi connectivity index (χ1v) is 9.78. The van der Waals surface area contributed by atoms with E-state index in [1.54, 1.807) is 0 Å². The average molecular weight is 346 g/mol. The molecule has 0 aromatic heterocycles. The molecule has 4 fully saturated rings. The Morgan fingerprint density at radius 2 is 1.88 bits per heavy atom. The van der Waals surface area contributed by atoms with Gasteiger partial charge < -0.3 is 5.32 Å². The van der Waals surface area contributed by atoms with Crippen molar-refractivity contribution in [3.05, 3.63) is 29.3 Å². The van der Waals surface area contributed by atoms with Crippen molar-refractivity contribution in [2.75, 3.05) is 5.32 Å². The van der Waals surface area contributed by atoms with E-state index < -0.39 is 0 Å². The number of amides is 1. The molecule has 3 heteroatoms. The van der Waals surface area contributed by atoms with Gasteiger partial charge in [0.25, 0.3) is 0 Å². The molecule has 4 saturated carbocycles. The van der Waals surface area contributed by atoms with Crippen LogP contribution in [0.4, 0.5) is 5.69 Å². The van der Waals surface area contributed by atoms with E-state index in [4.69, 9.17) is 11.6 Å². The summed E-state index contributed by atoms with van der Waals surface area (Å²) in [5.74, 6) is 1.92. The highest BCUT2D eigenvalue weighted by Gasteiger charge is 2.60. The number of carbonyl (C=O) groups is 1. The van der Waals surface area contributed by atoms with Gasteiger partial charge >= 0.3 is 0 Å². The van der Waals surface area contributed by atoms with Crippen LogP contribution in [-0.4, -0.2) is 10.8 Å². The van der Waals surface area contributed by atoms with Gasteiger partial charge in [-0.05, 0) is 74.3 Å². The second kappa shape index (κ2) is 5.49. The van der Waals surface area contributed by atoms with Gasteiger partial charge in [-0.3, -0.25) is 4.79 Å². The van der Waals surface area contributed by atoms with E-state index in [-0.39, 0.29) is 16.2 Å². The molecule has 24 heavy (non-hydrogen) atoms. The molecule has 4 bridgehead atoms. The third-order valence-electron chi connectivity index (χ3n) is 6.64. The third-order valence-corrected chi connectivity index (χ3v) is 7.08. The number of para-hydroxylation sites is 1. The fourth-order valence-electron chi connectivity index (χ4n) is 6.00. The third kappa shape index (κ3) is 2.58. The fourth-order valence-corrected chi connectivity index (χ4v) is 6.70. The van der Waals surface area contributed by atoms with E-state index in [2.05, 4.69) is 44.3 Å². The van der Waals surface area contributed by atoms with Crippen LogP contribution < -0.4 is 5.32 Å². The summed E-state index contributed by atoms with van der Waals surface area (Å²) in [4.78, 5) is 13.2. The molecule has 130 valence electrons. The number of anilines is 1. The summed E-state index contributed by atoms with van der Waals surface area (Å²) in [6.07, 6.45) is 6.44. The normalized spacial score (nSPS) is 37.0. The summed E-state index contributed by atoms with van der Waals surface area (Å²) < 4.78 is 0. The van der Waals surface area contributed by atoms with Gasteiger partial charge in [-0.1, -0.05) is 32.0 Å². The van der Waals surface area contributed by atoms with E-state index in [0.717, 1.165) is 43.4 Å². The highest BCUT2D eigenvalue weighted by atomic mass is 35.5. The lowest BCUT2D eigenvalue weighted by molar-refractivity contribution is -0.138. The molecule has 4 atom stereocenters. The minimum absolute atomic E-state index is 0.117. The number of rotatable bonds is 3. The van der Waals surface area contributed by atoms with Gasteiger partial charge in [-0.25, -0.2) is 0 Å². The molecule has 0 spiro atoms. The summed E-state index contributed by atoms with van der Waals surface area (Å²) in [7, 11) is 0. The van der Waals surface area contributed by atoms with E-state index >= 15 is 0 Å². The summed E-state index contributed by atoms with van der Waals surface area (Å²) >= 11 is 6.90. The van der Waals surface area contributed by atoms with Crippen LogP contribution >= 0.6 is 11.6 Å². The maximum Gasteiger partial charge on any atom is 0.230 e. The second-order valence-corrected chi connectivity index (χ2v) is 9.84. The average Bonchev–Trinajstić information content (AvgIpc) is 2.46. The van der Waals surface area contributed by atoms with Crippen molar-refractivity contribution in [2.45, 2.75) is 70.1 Å². The SMILES string of the molecule is Cc1cccc(C(C)C)c1NC(=O)C12C[C@@H]3C[C@@H](CC(Cl)(C3)C1)C2. The Balaban J connectivity index is 1.64. The van der Waals surface area contributed by atoms with Crippen LogP contribution in [0.2, 0.25) is 0 Å². The van der Waals surface area contributed by atoms with Crippen molar-refractivity contribution in [3.63, 3.8) is 0 Å². The Morgan fingerprint density at radius 1 is 1.21 bits per heavy atom. The minimum atomic E-state index is -0.234. The van der Waals surface area contributed by atoms with Gasteiger partial charge in [-0.2, -0.15) is 0 Å². The molecule has 1 amide bonds. The number of benzene rings is 1. The highest BCUT2D eigenvalue weighted by molar-refractivity contribution is 6.24. The van der Waals surface area contributed by atoms with Gasteiger partial charge in [0, 0.05) is 10.6 Å². The second-order valence-electron chi connectivity index (χ2n) is 9.04. The number of hydrogen-bond donors (Lipinski definition) is 1. The Hall–Kier alpha value is -1.02. The molecule has 2 nitrogen and oxygen atoms in total. The number of nitrogens with one attached hydrogen (secondary N) is 1. The molecule has 1 aromatic rings. The van der Waals surface area contributed by atoms with Crippen molar-refractivity contribution in [1.29, 1.82) is 0 Å². The first kappa shape index (κ1) is 16.4. The summed E-state index contributed by atoms with van der Waals surface area (Å²) in [5.41, 5.74) is 3.17. The van der Waals surface area contributed by atoms with Crippen LogP contribution in [0.25, 0.3) is 0 Å². The highest BCUT2D eigenvalue weighted by Crippen LogP contribution is 2.64. The number of aryl methyl sites for hydroxylation is 1. The van der Waals surface area contributed by atoms with Crippen molar-refractivity contribution in [2.24, 2.45) is 17.3 Å². The first-order chi connectivity index (χ1) is 11.3. The topological polar surface area (TPSA) is 29.1 Å². The number of hydrogen-bond acceptors (Lipinski definition) is 1. The first-order valence-electron chi connectivity index (χ1n) is 9.40. The maximum atomic E-state index is 13.4. The summed E-state index contributed by atoms with van der Waals surface area (Å²) in [6, 6.07) is 6.30. The van der Waals surface area contributed by atoms with E-state index in [0.29, 0.717) is 17.8 Å². The maximum absolute atomic E-state index is 13.4. The lowest BCUT2D eigenvalue weighted by atomic mass is 9.49. The molecule has 0 heterocycles. The predicted octanol–water partition coefficient (Wildman–Crippen LogP) is 5.63. The monoisotopic (exact) mass is 345 g/mol. The number of carbonyl (C=O) groups excluding carboxylic acids is 1. The van der Waals surface area contributed by atoms with Gasteiger partial charge in [0.15, 0.2) is 0 Å². The van der Waals surface area contributed by atoms with Crippen LogP contribution in [0.5, 0.6) is 0 Å². The molecule has 4 aliphatic carbocycles. The number of alkyl halides is 1. The van der Waals surface area contributed by atoms with Crippen molar-refractivity contribution >= 4 is 23.2 Å². The summed E-state index contributed by atoms with van der Waals surface area (Å²) in [6.45, 7) is 6.45. The van der Waals surface area contributed by atoms with Crippen LogP contribution in [0, 0.1) is 24.2 Å². The van der Waals surface area contributed by atoms with Gasteiger partial charge in [0.1, 0.15) is 0 Å². The van der Waals surface area contributed by atoms with Gasteiger partial charge in [0.2, 0.25) is 5.91 Å². The van der Waals surface area contributed by atoms with E-state index in [9.17, 15) is 4.79 Å². The molecular weight excluding hydrogens is 318 g/mol. The zero-order chi connectivity index (χ0) is 17.1. The fraction of sp³-hybridized carbons (Fsp3) is 0.667. The smallest absolute Gasteiger partial charge is 0.230 e. The lowest BCUT2D eigenvalue weighted by Gasteiger charge is -2.59. The van der Waals surface area contributed by atoms with Crippen LogP contribution in [0.3, 0.4) is 0 Å². The quantitative estimate of drug-likeness (QED) is 0.706. The Labute approximate surface area is 150 Å². The number of halogens is 1. The molecule has 4 aliphatic rings. The van der Waals surface area contributed by atoms with Crippen molar-refractivity contribution in [3.8, 4) is 0 Å². The molecule has 0 aliphatic heterocycles. The van der Waals surface area contributed by atoms with Crippen LogP contribution in [0.1, 0.15) is 69.4 Å². The van der Waals surface area contributed by atoms with E-state index in [1.807, 2.05) is 0 Å². The molecule has 0 saturated heterocycles. The molecule has 0 radical (unpaired) electrons. The Bertz CT molecular complexity index is 666. The molecule has 1 N–H and O–H groups in total. The van der Waals surface area contributed by atoms with E-state index in [1.165, 1.54) is 12.0 Å².